The van der Waals surface area contributed by atoms with E-state index in [1.807, 2.05) is 24.1 Å². The van der Waals surface area contributed by atoms with Gasteiger partial charge in [-0.05, 0) is 44.2 Å². The Morgan fingerprint density at radius 2 is 1.78 bits per heavy atom. The van der Waals surface area contributed by atoms with E-state index in [0.717, 1.165) is 5.56 Å². The second kappa shape index (κ2) is 8.64. The molecule has 0 saturated heterocycles. The molecule has 0 aliphatic heterocycles. The number of carbonyl (C=O) groups excluding carboxylic acids is 3. The van der Waals surface area contributed by atoms with Gasteiger partial charge in [0, 0.05) is 24.8 Å². The van der Waals surface area contributed by atoms with Gasteiger partial charge in [-0.2, -0.15) is 0 Å². The van der Waals surface area contributed by atoms with Crippen LogP contribution < -0.4 is 5.32 Å². The molecular formula is C20H25N3O4. The fraction of sp³-hybridized carbons (Fsp3) is 0.350. The van der Waals surface area contributed by atoms with Gasteiger partial charge in [0.15, 0.2) is 5.78 Å². The summed E-state index contributed by atoms with van der Waals surface area (Å²) in [5, 5.41) is 2.58. The van der Waals surface area contributed by atoms with Crippen LogP contribution in [0.1, 0.15) is 48.0 Å². The number of ether oxygens (including phenoxy) is 1. The first kappa shape index (κ1) is 20.4. The summed E-state index contributed by atoms with van der Waals surface area (Å²) in [7, 11) is 4.75. The van der Waals surface area contributed by atoms with Gasteiger partial charge in [0.05, 0.1) is 24.9 Å². The molecule has 0 atom stereocenters. The Balaban J connectivity index is 2.06. The molecule has 27 heavy (non-hydrogen) atoms. The molecule has 2 N–H and O–H groups in total. The second-order valence-corrected chi connectivity index (χ2v) is 6.49. The molecule has 0 fully saturated rings. The maximum atomic E-state index is 12.6. The van der Waals surface area contributed by atoms with E-state index in [4.69, 9.17) is 4.74 Å². The van der Waals surface area contributed by atoms with Crippen LogP contribution in [-0.2, 0) is 11.3 Å². The van der Waals surface area contributed by atoms with E-state index in [1.165, 1.54) is 7.11 Å². The molecule has 0 spiro atoms. The Morgan fingerprint density at radius 1 is 1.15 bits per heavy atom. The number of benzene rings is 1. The van der Waals surface area contributed by atoms with Gasteiger partial charge in [0.2, 0.25) is 0 Å². The van der Waals surface area contributed by atoms with Crippen LogP contribution in [0.4, 0.5) is 0 Å². The van der Waals surface area contributed by atoms with Crippen LogP contribution in [0.3, 0.4) is 0 Å². The highest BCUT2D eigenvalue weighted by molar-refractivity contribution is 6.02. The average Bonchev–Trinajstić information content (AvgIpc) is 2.95. The average molecular weight is 371 g/mol. The Kier molecular flexibility index (Phi) is 6.52. The number of aromatic amines is 1. The van der Waals surface area contributed by atoms with E-state index in [1.54, 1.807) is 33.0 Å². The Morgan fingerprint density at radius 3 is 2.33 bits per heavy atom. The van der Waals surface area contributed by atoms with Crippen molar-refractivity contribution in [3.8, 4) is 0 Å². The van der Waals surface area contributed by atoms with Crippen molar-refractivity contribution < 1.29 is 19.1 Å². The van der Waals surface area contributed by atoms with Crippen LogP contribution in [0, 0.1) is 13.8 Å². The molecule has 0 aliphatic rings. The quantitative estimate of drug-likeness (QED) is 0.574. The van der Waals surface area contributed by atoms with Crippen LogP contribution in [0.5, 0.6) is 0 Å². The maximum Gasteiger partial charge on any atom is 0.339 e. The lowest BCUT2D eigenvalue weighted by atomic mass is 10.1. The lowest BCUT2D eigenvalue weighted by molar-refractivity contribution is 0.0599. The van der Waals surface area contributed by atoms with Crippen molar-refractivity contribution >= 4 is 17.7 Å². The molecule has 2 rings (SSSR count). The molecule has 7 heteroatoms. The Labute approximate surface area is 158 Å². The number of nitrogens with zero attached hydrogens (tertiary/aromatic N) is 1. The molecule has 0 bridgehead atoms. The minimum absolute atomic E-state index is 0.102. The maximum absolute atomic E-state index is 12.6. The standard InChI is InChI=1S/C20H25N3O4/c1-12-17(20(26)27-5)13(2)22-18(12)16(24)11-23(4)10-14-6-8-15(9-7-14)19(25)21-3/h6-9,22H,10-11H2,1-5H3,(H,21,25). The van der Waals surface area contributed by atoms with E-state index < -0.39 is 5.97 Å². The van der Waals surface area contributed by atoms with Crippen molar-refractivity contribution in [2.45, 2.75) is 20.4 Å². The molecular weight excluding hydrogens is 346 g/mol. The number of esters is 1. The molecule has 0 unspecified atom stereocenters. The van der Waals surface area contributed by atoms with Gasteiger partial charge in [-0.1, -0.05) is 12.1 Å². The van der Waals surface area contributed by atoms with Crippen molar-refractivity contribution in [1.29, 1.82) is 0 Å². The number of rotatable bonds is 7. The molecule has 7 nitrogen and oxygen atoms in total. The lowest BCUT2D eigenvalue weighted by Crippen LogP contribution is -2.26. The first-order valence-electron chi connectivity index (χ1n) is 8.58. The van der Waals surface area contributed by atoms with Gasteiger partial charge in [-0.3, -0.25) is 14.5 Å². The van der Waals surface area contributed by atoms with E-state index in [2.05, 4.69) is 10.3 Å². The largest absolute Gasteiger partial charge is 0.465 e. The third-order valence-corrected chi connectivity index (χ3v) is 4.42. The van der Waals surface area contributed by atoms with E-state index in [9.17, 15) is 14.4 Å². The number of aryl methyl sites for hydroxylation is 1. The van der Waals surface area contributed by atoms with Gasteiger partial charge in [0.1, 0.15) is 0 Å². The monoisotopic (exact) mass is 371 g/mol. The summed E-state index contributed by atoms with van der Waals surface area (Å²) in [6.07, 6.45) is 0. The highest BCUT2D eigenvalue weighted by atomic mass is 16.5. The van der Waals surface area contributed by atoms with Crippen molar-refractivity contribution in [2.75, 3.05) is 27.7 Å². The summed E-state index contributed by atoms with van der Waals surface area (Å²) in [6, 6.07) is 7.24. The first-order valence-corrected chi connectivity index (χ1v) is 8.58. The summed E-state index contributed by atoms with van der Waals surface area (Å²) >= 11 is 0. The number of ketones is 1. The van der Waals surface area contributed by atoms with Crippen LogP contribution in [-0.4, -0.2) is 55.3 Å². The molecule has 0 aliphatic carbocycles. The van der Waals surface area contributed by atoms with Crippen molar-refractivity contribution in [3.05, 3.63) is 57.9 Å². The van der Waals surface area contributed by atoms with Crippen LogP contribution in [0.2, 0.25) is 0 Å². The zero-order valence-corrected chi connectivity index (χ0v) is 16.3. The fourth-order valence-corrected chi connectivity index (χ4v) is 3.03. The molecule has 1 aromatic carbocycles. The van der Waals surface area contributed by atoms with Crippen LogP contribution >= 0.6 is 0 Å². The molecule has 144 valence electrons. The minimum Gasteiger partial charge on any atom is -0.465 e. The Bertz CT molecular complexity index is 853. The summed E-state index contributed by atoms with van der Waals surface area (Å²) in [6.45, 7) is 4.23. The molecule has 1 amide bonds. The number of hydrogen-bond acceptors (Lipinski definition) is 5. The summed E-state index contributed by atoms with van der Waals surface area (Å²) < 4.78 is 4.78. The molecule has 1 heterocycles. The van der Waals surface area contributed by atoms with Gasteiger partial charge < -0.3 is 15.0 Å². The van der Waals surface area contributed by atoms with Crippen LogP contribution in [0.15, 0.2) is 24.3 Å². The molecule has 1 aromatic heterocycles. The number of H-pyrrole nitrogens is 1. The normalized spacial score (nSPS) is 10.7. The predicted molar refractivity (Wildman–Crippen MR) is 102 cm³/mol. The molecule has 2 aromatic rings. The number of methoxy groups -OCH3 is 1. The number of nitrogens with one attached hydrogen (secondary N) is 2. The van der Waals surface area contributed by atoms with Crippen molar-refractivity contribution in [3.63, 3.8) is 0 Å². The summed E-state index contributed by atoms with van der Waals surface area (Å²) in [5.74, 6) is -0.691. The highest BCUT2D eigenvalue weighted by Gasteiger charge is 2.23. The van der Waals surface area contributed by atoms with Gasteiger partial charge in [-0.25, -0.2) is 4.79 Å². The first-order chi connectivity index (χ1) is 12.8. The SMILES string of the molecule is CNC(=O)c1ccc(CN(C)CC(=O)c2[nH]c(C)c(C(=O)OC)c2C)cc1. The number of aromatic nitrogens is 1. The third kappa shape index (κ3) is 4.62. The summed E-state index contributed by atoms with van der Waals surface area (Å²) in [5.41, 5.74) is 3.64. The van der Waals surface area contributed by atoms with Crippen molar-refractivity contribution in [1.82, 2.24) is 15.2 Å². The van der Waals surface area contributed by atoms with E-state index in [-0.39, 0.29) is 18.2 Å². The fourth-order valence-electron chi connectivity index (χ4n) is 3.03. The lowest BCUT2D eigenvalue weighted by Gasteiger charge is -2.16. The van der Waals surface area contributed by atoms with Gasteiger partial charge in [-0.15, -0.1) is 0 Å². The van der Waals surface area contributed by atoms with E-state index >= 15 is 0 Å². The van der Waals surface area contributed by atoms with Gasteiger partial charge >= 0.3 is 5.97 Å². The molecule has 0 saturated carbocycles. The zero-order valence-electron chi connectivity index (χ0n) is 16.3. The van der Waals surface area contributed by atoms with Crippen molar-refractivity contribution in [2.24, 2.45) is 0 Å². The number of hydrogen-bond donors (Lipinski definition) is 2. The van der Waals surface area contributed by atoms with Gasteiger partial charge in [0.25, 0.3) is 5.91 Å². The Hall–Kier alpha value is -2.93. The molecule has 0 radical (unpaired) electrons. The number of amides is 1. The van der Waals surface area contributed by atoms with Crippen LogP contribution in [0.25, 0.3) is 0 Å². The number of likely N-dealkylation sites (N-methyl/N-ethyl adjacent to an activating group) is 1. The summed E-state index contributed by atoms with van der Waals surface area (Å²) in [4.78, 5) is 41.0. The second-order valence-electron chi connectivity index (χ2n) is 6.49. The smallest absolute Gasteiger partial charge is 0.339 e. The zero-order chi connectivity index (χ0) is 20.1. The van der Waals surface area contributed by atoms with E-state index in [0.29, 0.717) is 34.6 Å². The minimum atomic E-state index is -0.454. The topological polar surface area (TPSA) is 91.5 Å². The predicted octanol–water partition coefficient (Wildman–Crippen LogP) is 2.09. The third-order valence-electron chi connectivity index (χ3n) is 4.42. The number of carbonyl (C=O) groups is 3. The number of Topliss-reactive ketones (excluding diaryl/α,β-unsaturated/α-hetero) is 1. The highest BCUT2D eigenvalue weighted by Crippen LogP contribution is 2.19.